The molecule has 1 spiro atoms. The number of benzene rings is 1. The second-order valence-electron chi connectivity index (χ2n) is 5.73. The smallest absolute Gasteiger partial charge is 0.244 e. The normalized spacial score (nSPS) is 23.0. The van der Waals surface area contributed by atoms with Gasteiger partial charge in [-0.15, -0.1) is 0 Å². The Kier molecular flexibility index (Phi) is 3.95. The predicted molar refractivity (Wildman–Crippen MR) is 77.1 cm³/mol. The number of nitrogens with one attached hydrogen (secondary N) is 1. The number of rotatable bonds is 6. The number of halogens is 1. The van der Waals surface area contributed by atoms with Crippen LogP contribution >= 0.6 is 0 Å². The monoisotopic (exact) mass is 292 g/mol. The third-order valence-electron chi connectivity index (χ3n) is 4.22. The average Bonchev–Trinajstić information content (AvgIpc) is 3.21. The van der Waals surface area contributed by atoms with Crippen molar-refractivity contribution in [2.45, 2.75) is 37.9 Å². The van der Waals surface area contributed by atoms with E-state index in [1.165, 1.54) is 12.1 Å². The molecule has 1 aliphatic carbocycles. The Balaban J connectivity index is 1.73. The molecule has 1 unspecified atom stereocenters. The first-order chi connectivity index (χ1) is 10.2. The van der Waals surface area contributed by atoms with Crippen molar-refractivity contribution in [3.63, 3.8) is 0 Å². The highest BCUT2D eigenvalue weighted by Gasteiger charge is 2.59. The second kappa shape index (κ2) is 5.73. The van der Waals surface area contributed by atoms with Gasteiger partial charge in [0.2, 0.25) is 5.91 Å². The lowest BCUT2D eigenvalue weighted by Gasteiger charge is -2.24. The lowest BCUT2D eigenvalue weighted by molar-refractivity contribution is -0.131. The van der Waals surface area contributed by atoms with Crippen molar-refractivity contribution in [2.24, 2.45) is 0 Å². The number of hydrogen-bond acceptors (Lipinski definition) is 3. The van der Waals surface area contributed by atoms with Crippen molar-refractivity contribution < 1.29 is 13.9 Å². The molecule has 1 saturated heterocycles. The van der Waals surface area contributed by atoms with Crippen molar-refractivity contribution in [3.8, 4) is 0 Å². The van der Waals surface area contributed by atoms with Crippen molar-refractivity contribution in [2.75, 3.05) is 19.8 Å². The molecule has 0 bridgehead atoms. The molecule has 21 heavy (non-hydrogen) atoms. The van der Waals surface area contributed by atoms with E-state index in [-0.39, 0.29) is 23.4 Å². The summed E-state index contributed by atoms with van der Waals surface area (Å²) in [6.07, 6.45) is 2.45. The minimum atomic E-state index is -0.356. The maximum Gasteiger partial charge on any atom is 0.244 e. The van der Waals surface area contributed by atoms with Crippen LogP contribution < -0.4 is 5.32 Å². The van der Waals surface area contributed by atoms with Crippen molar-refractivity contribution in [1.82, 2.24) is 10.2 Å². The van der Waals surface area contributed by atoms with E-state index in [0.29, 0.717) is 19.8 Å². The summed E-state index contributed by atoms with van der Waals surface area (Å²) < 4.78 is 18.4. The molecule has 3 rings (SSSR count). The lowest BCUT2D eigenvalue weighted by Crippen LogP contribution is -2.33. The first kappa shape index (κ1) is 14.5. The van der Waals surface area contributed by atoms with Crippen LogP contribution in [0, 0.1) is 5.82 Å². The van der Waals surface area contributed by atoms with Crippen LogP contribution in [0.15, 0.2) is 24.3 Å². The van der Waals surface area contributed by atoms with Crippen LogP contribution in [-0.2, 0) is 9.53 Å². The number of nitrogens with zero attached hydrogens (tertiary/aromatic N) is 1. The molecule has 0 aromatic heterocycles. The highest BCUT2D eigenvalue weighted by molar-refractivity contribution is 5.92. The van der Waals surface area contributed by atoms with E-state index in [1.807, 2.05) is 11.8 Å². The van der Waals surface area contributed by atoms with Gasteiger partial charge in [0.1, 0.15) is 17.5 Å². The molecule has 1 aromatic carbocycles. The Morgan fingerprint density at radius 1 is 1.38 bits per heavy atom. The van der Waals surface area contributed by atoms with E-state index in [4.69, 9.17) is 4.74 Å². The average molecular weight is 292 g/mol. The molecule has 5 heteroatoms. The third kappa shape index (κ3) is 2.80. The first-order valence-corrected chi connectivity index (χ1v) is 7.58. The summed E-state index contributed by atoms with van der Waals surface area (Å²) in [6, 6.07) is 6.38. The summed E-state index contributed by atoms with van der Waals surface area (Å²) in [6.45, 7) is 3.97. The molecule has 1 saturated carbocycles. The van der Waals surface area contributed by atoms with E-state index in [9.17, 15) is 9.18 Å². The minimum Gasteiger partial charge on any atom is -0.382 e. The standard InChI is InChI=1S/C16H21FN2O2/c1-2-21-11-3-10-19-14(12-4-6-13(17)7-5-12)18-16(8-9-16)15(19)20/h4-7,14,18H,2-3,8-11H2,1H3. The molecule has 2 aliphatic rings. The zero-order valence-corrected chi connectivity index (χ0v) is 12.3. The zero-order valence-electron chi connectivity index (χ0n) is 12.3. The second-order valence-corrected chi connectivity index (χ2v) is 5.73. The van der Waals surface area contributed by atoms with Gasteiger partial charge in [-0.05, 0) is 43.9 Å². The molecule has 1 aromatic rings. The predicted octanol–water partition coefficient (Wildman–Crippen LogP) is 2.22. The van der Waals surface area contributed by atoms with Crippen LogP contribution in [0.1, 0.15) is 37.9 Å². The van der Waals surface area contributed by atoms with Gasteiger partial charge in [0, 0.05) is 19.8 Å². The summed E-state index contributed by atoms with van der Waals surface area (Å²) >= 11 is 0. The lowest BCUT2D eigenvalue weighted by atomic mass is 10.1. The maximum atomic E-state index is 13.1. The van der Waals surface area contributed by atoms with Gasteiger partial charge in [-0.1, -0.05) is 12.1 Å². The number of carbonyl (C=O) groups excluding carboxylic acids is 1. The van der Waals surface area contributed by atoms with Crippen LogP contribution in [0.3, 0.4) is 0 Å². The molecule has 2 fully saturated rings. The quantitative estimate of drug-likeness (QED) is 0.817. The summed E-state index contributed by atoms with van der Waals surface area (Å²) in [7, 11) is 0. The first-order valence-electron chi connectivity index (χ1n) is 7.58. The van der Waals surface area contributed by atoms with E-state index >= 15 is 0 Å². The van der Waals surface area contributed by atoms with E-state index in [2.05, 4.69) is 5.32 Å². The Labute approximate surface area is 124 Å². The Hall–Kier alpha value is -1.46. The van der Waals surface area contributed by atoms with Gasteiger partial charge >= 0.3 is 0 Å². The molecule has 0 radical (unpaired) electrons. The van der Waals surface area contributed by atoms with Gasteiger partial charge < -0.3 is 9.64 Å². The van der Waals surface area contributed by atoms with E-state index < -0.39 is 0 Å². The Morgan fingerprint density at radius 2 is 2.10 bits per heavy atom. The van der Waals surface area contributed by atoms with Gasteiger partial charge in [0.05, 0.1) is 0 Å². The fourth-order valence-electron chi connectivity index (χ4n) is 2.90. The highest BCUT2D eigenvalue weighted by Crippen LogP contribution is 2.45. The van der Waals surface area contributed by atoms with Gasteiger partial charge in [-0.3, -0.25) is 10.1 Å². The number of carbonyl (C=O) groups is 1. The maximum absolute atomic E-state index is 13.1. The third-order valence-corrected chi connectivity index (χ3v) is 4.22. The number of hydrogen-bond donors (Lipinski definition) is 1. The van der Waals surface area contributed by atoms with Crippen LogP contribution in [0.5, 0.6) is 0 Å². The number of amides is 1. The Bertz CT molecular complexity index is 514. The van der Waals surface area contributed by atoms with Gasteiger partial charge in [0.15, 0.2) is 0 Å². The molecule has 1 aliphatic heterocycles. The van der Waals surface area contributed by atoms with Crippen molar-refractivity contribution in [1.29, 1.82) is 0 Å². The van der Waals surface area contributed by atoms with Gasteiger partial charge in [0.25, 0.3) is 0 Å². The highest BCUT2D eigenvalue weighted by atomic mass is 19.1. The van der Waals surface area contributed by atoms with Gasteiger partial charge in [-0.2, -0.15) is 0 Å². The molecule has 1 N–H and O–H groups in total. The van der Waals surface area contributed by atoms with Crippen LogP contribution in [-0.4, -0.2) is 36.1 Å². The molecule has 1 heterocycles. The molecule has 1 atom stereocenters. The largest absolute Gasteiger partial charge is 0.382 e. The summed E-state index contributed by atoms with van der Waals surface area (Å²) in [4.78, 5) is 14.4. The fourth-order valence-corrected chi connectivity index (χ4v) is 2.90. The molecule has 114 valence electrons. The molecular formula is C16H21FN2O2. The van der Waals surface area contributed by atoms with Crippen molar-refractivity contribution in [3.05, 3.63) is 35.6 Å². The molecular weight excluding hydrogens is 271 g/mol. The topological polar surface area (TPSA) is 41.6 Å². The van der Waals surface area contributed by atoms with Crippen molar-refractivity contribution >= 4 is 5.91 Å². The van der Waals surface area contributed by atoms with Crippen LogP contribution in [0.25, 0.3) is 0 Å². The minimum absolute atomic E-state index is 0.151. The summed E-state index contributed by atoms with van der Waals surface area (Å²) in [5.74, 6) is -0.0829. The van der Waals surface area contributed by atoms with Gasteiger partial charge in [-0.25, -0.2) is 4.39 Å². The summed E-state index contributed by atoms with van der Waals surface area (Å²) in [5.41, 5.74) is 0.579. The van der Waals surface area contributed by atoms with Crippen LogP contribution in [0.2, 0.25) is 0 Å². The van der Waals surface area contributed by atoms with E-state index in [0.717, 1.165) is 24.8 Å². The number of ether oxygens (including phenoxy) is 1. The zero-order chi connectivity index (χ0) is 14.9. The Morgan fingerprint density at radius 3 is 2.71 bits per heavy atom. The fraction of sp³-hybridized carbons (Fsp3) is 0.562. The van der Waals surface area contributed by atoms with Crippen LogP contribution in [0.4, 0.5) is 4.39 Å². The summed E-state index contributed by atoms with van der Waals surface area (Å²) in [5, 5.41) is 3.43. The SMILES string of the molecule is CCOCCCN1C(=O)C2(CC2)NC1c1ccc(F)cc1. The molecule has 1 amide bonds. The molecule has 4 nitrogen and oxygen atoms in total. The van der Waals surface area contributed by atoms with E-state index in [1.54, 1.807) is 12.1 Å².